The number of thiazole rings is 1. The van der Waals surface area contributed by atoms with Crippen molar-refractivity contribution >= 4 is 58.7 Å². The van der Waals surface area contributed by atoms with E-state index in [1.165, 1.54) is 24.1 Å². The van der Waals surface area contributed by atoms with E-state index in [-0.39, 0.29) is 66.6 Å². The fourth-order valence-electron chi connectivity index (χ4n) is 8.43. The van der Waals surface area contributed by atoms with Gasteiger partial charge in [-0.25, -0.2) is 15.0 Å². The number of aliphatic hydroxyl groups excluding tert-OH is 2. The fourth-order valence-corrected chi connectivity index (χ4v) is 9.18. The summed E-state index contributed by atoms with van der Waals surface area (Å²) in [6.07, 6.45) is 13.4. The van der Waals surface area contributed by atoms with Gasteiger partial charge in [0, 0.05) is 67.9 Å². The summed E-state index contributed by atoms with van der Waals surface area (Å²) in [7, 11) is 0. The zero-order chi connectivity index (χ0) is 36.4. The Hall–Kier alpha value is -2.85. The molecule has 0 bridgehead atoms. The maximum Gasteiger partial charge on any atom is 0.226 e. The second kappa shape index (κ2) is 16.3. The highest BCUT2D eigenvalue weighted by atomic mass is 32.1. The maximum atomic E-state index is 12.7. The lowest BCUT2D eigenvalue weighted by Gasteiger charge is -2.50. The topological polar surface area (TPSA) is 175 Å². The molecule has 2 spiro atoms. The van der Waals surface area contributed by atoms with E-state index >= 15 is 0 Å². The number of ether oxygens (including phenoxy) is 1. The summed E-state index contributed by atoms with van der Waals surface area (Å²) in [5.41, 5.74) is 8.12. The van der Waals surface area contributed by atoms with Crippen LogP contribution in [0, 0.1) is 33.5 Å². The molecule has 4 N–H and O–H groups in total. The highest BCUT2D eigenvalue weighted by Crippen LogP contribution is 2.55. The molecule has 13 nitrogen and oxygen atoms in total. The molecule has 2 aromatic rings. The number of anilines is 1. The van der Waals surface area contributed by atoms with Gasteiger partial charge in [-0.1, -0.05) is 32.9 Å². The number of fused-ring (bicyclic) bond motifs is 1. The van der Waals surface area contributed by atoms with Gasteiger partial charge in [0.05, 0.1) is 37.9 Å². The van der Waals surface area contributed by atoms with Gasteiger partial charge in [-0.2, -0.15) is 13.5 Å². The molecular weight excluding hydrogens is 703 g/mol. The van der Waals surface area contributed by atoms with Gasteiger partial charge >= 0.3 is 0 Å². The lowest BCUT2D eigenvalue weighted by atomic mass is 9.71. The third-order valence-electron chi connectivity index (χ3n) is 12.1. The number of primary amides is 1. The first-order chi connectivity index (χ1) is 24.4. The number of hydrogen-bond donors (Lipinski definition) is 3. The van der Waals surface area contributed by atoms with Crippen LogP contribution in [0.4, 0.5) is 5.82 Å². The zero-order valence-corrected chi connectivity index (χ0v) is 32.7. The second-order valence-corrected chi connectivity index (χ2v) is 17.4. The molecule has 6 heterocycles. The van der Waals surface area contributed by atoms with E-state index in [1.54, 1.807) is 5.51 Å². The Kier molecular flexibility index (Phi) is 12.6. The third kappa shape index (κ3) is 8.28. The number of hydrogen-bond acceptors (Lipinski definition) is 11. The minimum absolute atomic E-state index is 0. The van der Waals surface area contributed by atoms with Crippen molar-refractivity contribution in [1.82, 2.24) is 24.8 Å². The highest BCUT2D eigenvalue weighted by Gasteiger charge is 2.61. The Morgan fingerprint density at radius 1 is 1.00 bits per heavy atom. The minimum atomic E-state index is -0.300. The molecule has 15 heteroatoms. The third-order valence-corrected chi connectivity index (χ3v) is 12.9. The van der Waals surface area contributed by atoms with Crippen molar-refractivity contribution < 1.29 is 29.3 Å². The average Bonchev–Trinajstić information content (AvgIpc) is 3.43. The molecule has 5 fully saturated rings. The van der Waals surface area contributed by atoms with Crippen molar-refractivity contribution in [2.45, 2.75) is 72.1 Å². The Labute approximate surface area is 317 Å². The highest BCUT2D eigenvalue weighted by molar-refractivity contribution is 7.59. The molecule has 0 radical (unpaired) electrons. The van der Waals surface area contributed by atoms with E-state index in [2.05, 4.69) is 46.7 Å². The molecule has 3 amide bonds. The number of amides is 3. The number of piperidine rings is 1. The predicted octanol–water partition coefficient (Wildman–Crippen LogP) is 3.12. The average molecular weight is 760 g/mol. The van der Waals surface area contributed by atoms with Crippen LogP contribution in [0.2, 0.25) is 0 Å². The quantitative estimate of drug-likeness (QED) is 0.356. The Morgan fingerprint density at radius 3 is 2.29 bits per heavy atom. The standard InChI is InChI=1S/C18H22N6O2S.C11H19NO2.C8H14O2.H2S/c1-17(2)3-10(17)16(26)24-6-18(7-24)5-23(4-11(18)13(19)25)15-12-14(20-8-21-15)22-9-27-12;1-2-4-10(13)12-6-3-5-11(7-12)8-14-9-11;9-6-8(7-10)4-2-1-3-5-8;/h8-11H,3-7H2,1-2H3,(H2,19,25);2-9H2,1H3;1-2,9-10H,3-7H2;1H2/t10?,11-;;;/m0.../s1. The van der Waals surface area contributed by atoms with E-state index in [0.717, 1.165) is 75.3 Å². The van der Waals surface area contributed by atoms with Gasteiger partial charge in [0.1, 0.15) is 11.0 Å². The summed E-state index contributed by atoms with van der Waals surface area (Å²) in [6, 6.07) is 0. The molecule has 4 saturated heterocycles. The maximum absolute atomic E-state index is 12.7. The van der Waals surface area contributed by atoms with E-state index in [4.69, 9.17) is 20.7 Å². The van der Waals surface area contributed by atoms with Gasteiger partial charge in [-0.15, -0.1) is 11.3 Å². The number of likely N-dealkylation sites (tertiary alicyclic amines) is 2. The number of aromatic nitrogens is 3. The van der Waals surface area contributed by atoms with E-state index in [9.17, 15) is 14.4 Å². The van der Waals surface area contributed by atoms with Crippen LogP contribution in [0.25, 0.3) is 10.3 Å². The van der Waals surface area contributed by atoms with Crippen molar-refractivity contribution in [2.24, 2.45) is 39.2 Å². The fraction of sp³-hybridized carbons (Fsp3) is 0.730. The molecule has 52 heavy (non-hydrogen) atoms. The monoisotopic (exact) mass is 759 g/mol. The van der Waals surface area contributed by atoms with E-state index in [1.807, 2.05) is 15.9 Å². The Balaban J connectivity index is 0.000000175. The van der Waals surface area contributed by atoms with Crippen molar-refractivity contribution in [3.63, 3.8) is 0 Å². The van der Waals surface area contributed by atoms with Crippen molar-refractivity contribution in [3.8, 4) is 0 Å². The van der Waals surface area contributed by atoms with Crippen LogP contribution in [-0.2, 0) is 19.1 Å². The first kappa shape index (κ1) is 40.3. The van der Waals surface area contributed by atoms with E-state index < -0.39 is 0 Å². The predicted molar refractivity (Wildman–Crippen MR) is 205 cm³/mol. The number of nitrogens with two attached hydrogens (primary N) is 1. The molecule has 1 saturated carbocycles. The summed E-state index contributed by atoms with van der Waals surface area (Å²) >= 11 is 1.50. The number of carbonyl (C=O) groups is 3. The molecule has 1 unspecified atom stereocenters. The number of aliphatic hydroxyl groups is 2. The van der Waals surface area contributed by atoms with Gasteiger partial charge in [0.2, 0.25) is 17.7 Å². The van der Waals surface area contributed by atoms with Gasteiger partial charge in [0.15, 0.2) is 11.5 Å². The van der Waals surface area contributed by atoms with Crippen molar-refractivity contribution in [3.05, 3.63) is 24.0 Å². The first-order valence-corrected chi connectivity index (χ1v) is 19.4. The van der Waals surface area contributed by atoms with Crippen LogP contribution >= 0.6 is 24.8 Å². The van der Waals surface area contributed by atoms with Crippen molar-refractivity contribution in [1.29, 1.82) is 0 Å². The Morgan fingerprint density at radius 2 is 1.73 bits per heavy atom. The van der Waals surface area contributed by atoms with Gasteiger partial charge in [-0.05, 0) is 50.4 Å². The first-order valence-electron chi connectivity index (χ1n) is 18.5. The molecular formula is C37H57N7O6S2. The Bertz CT molecular complexity index is 1600. The summed E-state index contributed by atoms with van der Waals surface area (Å²) in [5, 5.41) is 17.9. The van der Waals surface area contributed by atoms with Crippen molar-refractivity contribution in [2.75, 3.05) is 70.6 Å². The number of allylic oxidation sites excluding steroid dienone is 2. The molecule has 6 aliphatic rings. The van der Waals surface area contributed by atoms with Crippen LogP contribution < -0.4 is 10.6 Å². The molecule has 4 aliphatic heterocycles. The summed E-state index contributed by atoms with van der Waals surface area (Å²) in [6.45, 7) is 12.5. The number of carbonyl (C=O) groups excluding carboxylic acids is 3. The van der Waals surface area contributed by atoms with E-state index in [0.29, 0.717) is 49.6 Å². The number of nitrogens with zero attached hydrogens (tertiary/aromatic N) is 6. The molecule has 2 aromatic heterocycles. The largest absolute Gasteiger partial charge is 0.396 e. The summed E-state index contributed by atoms with van der Waals surface area (Å²) < 4.78 is 6.19. The van der Waals surface area contributed by atoms with Crippen LogP contribution in [0.15, 0.2) is 24.0 Å². The SMILES string of the molecule is CC1(C)CC1C(=O)N1CC2(C1)CN(c1ncnc3ncsc13)C[C@H]2C(N)=O.CCCC(=O)N1CCCC2(COC2)C1.OCC1(CO)CC=CCC1.S. The van der Waals surface area contributed by atoms with Crippen LogP contribution in [0.3, 0.4) is 0 Å². The lowest BCUT2D eigenvalue weighted by molar-refractivity contribution is -0.159. The number of rotatable bonds is 7. The summed E-state index contributed by atoms with van der Waals surface area (Å²) in [5.74, 6) is 0.895. The zero-order valence-electron chi connectivity index (χ0n) is 30.9. The second-order valence-electron chi connectivity index (χ2n) is 16.5. The van der Waals surface area contributed by atoms with Gasteiger partial charge < -0.3 is 35.4 Å². The smallest absolute Gasteiger partial charge is 0.226 e. The van der Waals surface area contributed by atoms with Gasteiger partial charge in [0.25, 0.3) is 0 Å². The van der Waals surface area contributed by atoms with Crippen LogP contribution in [0.1, 0.15) is 72.1 Å². The molecule has 2 atom stereocenters. The molecule has 8 rings (SSSR count). The molecule has 2 aliphatic carbocycles. The van der Waals surface area contributed by atoms with Crippen LogP contribution in [0.5, 0.6) is 0 Å². The van der Waals surface area contributed by atoms with Crippen LogP contribution in [-0.4, -0.2) is 118 Å². The lowest BCUT2D eigenvalue weighted by Crippen LogP contribution is -2.64. The normalized spacial score (nSPS) is 25.5. The minimum Gasteiger partial charge on any atom is -0.396 e. The molecule has 288 valence electrons. The van der Waals surface area contributed by atoms with Gasteiger partial charge in [-0.3, -0.25) is 14.4 Å². The summed E-state index contributed by atoms with van der Waals surface area (Å²) in [4.78, 5) is 55.5. The molecule has 0 aromatic carbocycles.